The van der Waals surface area contributed by atoms with Crippen LogP contribution in [-0.2, 0) is 14.8 Å². The molecule has 0 aliphatic carbocycles. The van der Waals surface area contributed by atoms with Crippen LogP contribution in [0.3, 0.4) is 0 Å². The smallest absolute Gasteiger partial charge is 0.211 e. The molecule has 5 nitrogen and oxygen atoms in total. The summed E-state index contributed by atoms with van der Waals surface area (Å²) in [4.78, 5) is 0. The molecule has 0 rings (SSSR count). The number of hydrogen-bond acceptors (Lipinski definition) is 4. The van der Waals surface area contributed by atoms with E-state index in [1.54, 1.807) is 6.92 Å². The van der Waals surface area contributed by atoms with Gasteiger partial charge in [-0.2, -0.15) is 0 Å². The number of alkyl halides is 1. The van der Waals surface area contributed by atoms with E-state index in [1.807, 2.05) is 0 Å². The van der Waals surface area contributed by atoms with Crippen molar-refractivity contribution in [3.8, 4) is 0 Å². The fourth-order valence-electron chi connectivity index (χ4n) is 1.13. The maximum Gasteiger partial charge on any atom is 0.211 e. The highest BCUT2D eigenvalue weighted by atomic mass is 35.5. The van der Waals surface area contributed by atoms with E-state index in [4.69, 9.17) is 16.3 Å². The molecule has 0 aromatic carbocycles. The summed E-state index contributed by atoms with van der Waals surface area (Å²) in [6.07, 6.45) is -0.305. The lowest BCUT2D eigenvalue weighted by Gasteiger charge is -2.12. The number of hydrogen-bond donors (Lipinski definition) is 2. The molecule has 0 amide bonds. The predicted octanol–water partition coefficient (Wildman–Crippen LogP) is 0.178. The lowest BCUT2D eigenvalue weighted by atomic mass is 10.3. The van der Waals surface area contributed by atoms with E-state index in [-0.39, 0.29) is 24.8 Å². The summed E-state index contributed by atoms with van der Waals surface area (Å²) in [7, 11) is -1.81. The first-order chi connectivity index (χ1) is 7.41. The second kappa shape index (κ2) is 8.25. The van der Waals surface area contributed by atoms with E-state index < -0.39 is 16.1 Å². The van der Waals surface area contributed by atoms with E-state index >= 15 is 0 Å². The van der Waals surface area contributed by atoms with Crippen molar-refractivity contribution in [3.05, 3.63) is 0 Å². The standard InChI is InChI=1S/C9H20ClNO4S/c1-8(5-10)7-16(13,14)11-4-3-9(12)6-15-2/h8-9,11-12H,3-7H2,1-2H3. The van der Waals surface area contributed by atoms with Crippen molar-refractivity contribution in [2.45, 2.75) is 19.4 Å². The quantitative estimate of drug-likeness (QED) is 0.588. The molecular formula is C9H20ClNO4S. The van der Waals surface area contributed by atoms with Crippen LogP contribution in [0.1, 0.15) is 13.3 Å². The molecule has 0 fully saturated rings. The van der Waals surface area contributed by atoms with Gasteiger partial charge in [-0.05, 0) is 12.3 Å². The molecule has 0 radical (unpaired) electrons. The van der Waals surface area contributed by atoms with Crippen LogP contribution in [-0.4, -0.2) is 51.5 Å². The highest BCUT2D eigenvalue weighted by Gasteiger charge is 2.15. The molecule has 2 unspecified atom stereocenters. The molecule has 0 spiro atoms. The Morgan fingerprint density at radius 1 is 1.50 bits per heavy atom. The monoisotopic (exact) mass is 273 g/mol. The van der Waals surface area contributed by atoms with Crippen LogP contribution in [0.4, 0.5) is 0 Å². The van der Waals surface area contributed by atoms with E-state index in [1.165, 1.54) is 7.11 Å². The topological polar surface area (TPSA) is 75.6 Å². The fraction of sp³-hybridized carbons (Fsp3) is 1.00. The van der Waals surface area contributed by atoms with Gasteiger partial charge < -0.3 is 9.84 Å². The molecule has 0 aliphatic rings. The van der Waals surface area contributed by atoms with Gasteiger partial charge in [0.25, 0.3) is 0 Å². The van der Waals surface area contributed by atoms with Crippen LogP contribution >= 0.6 is 11.6 Å². The van der Waals surface area contributed by atoms with Crippen LogP contribution in [0.25, 0.3) is 0 Å². The highest BCUT2D eigenvalue weighted by Crippen LogP contribution is 2.02. The molecule has 16 heavy (non-hydrogen) atoms. The van der Waals surface area contributed by atoms with Crippen molar-refractivity contribution in [1.29, 1.82) is 0 Å². The Morgan fingerprint density at radius 3 is 2.62 bits per heavy atom. The minimum Gasteiger partial charge on any atom is -0.391 e. The fourth-order valence-corrected chi connectivity index (χ4v) is 2.79. The van der Waals surface area contributed by atoms with Gasteiger partial charge in [-0.15, -0.1) is 11.6 Å². The predicted molar refractivity (Wildman–Crippen MR) is 64.2 cm³/mol. The Balaban J connectivity index is 3.82. The number of aliphatic hydroxyl groups is 1. The number of halogens is 1. The highest BCUT2D eigenvalue weighted by molar-refractivity contribution is 7.89. The molecule has 0 saturated carbocycles. The molecule has 0 aromatic heterocycles. The van der Waals surface area contributed by atoms with Crippen LogP contribution in [0.15, 0.2) is 0 Å². The SMILES string of the molecule is COCC(O)CCNS(=O)(=O)CC(C)CCl. The zero-order chi connectivity index (χ0) is 12.6. The molecular weight excluding hydrogens is 254 g/mol. The third-order valence-corrected chi connectivity index (χ3v) is 4.10. The summed E-state index contributed by atoms with van der Waals surface area (Å²) in [6.45, 7) is 2.19. The molecule has 2 N–H and O–H groups in total. The average molecular weight is 274 g/mol. The molecule has 0 saturated heterocycles. The van der Waals surface area contributed by atoms with Gasteiger partial charge in [-0.3, -0.25) is 0 Å². The van der Waals surface area contributed by atoms with Crippen LogP contribution in [0.2, 0.25) is 0 Å². The number of nitrogens with one attached hydrogen (secondary N) is 1. The third-order valence-electron chi connectivity index (χ3n) is 1.93. The molecule has 7 heteroatoms. The largest absolute Gasteiger partial charge is 0.391 e. The number of rotatable bonds is 9. The second-order valence-electron chi connectivity index (χ2n) is 3.83. The molecule has 0 heterocycles. The first-order valence-electron chi connectivity index (χ1n) is 5.11. The van der Waals surface area contributed by atoms with Crippen molar-refractivity contribution in [3.63, 3.8) is 0 Å². The Bertz CT molecular complexity index is 271. The Labute approximate surface area is 102 Å². The summed E-state index contributed by atoms with van der Waals surface area (Å²) < 4.78 is 30.0. The first-order valence-corrected chi connectivity index (χ1v) is 7.30. The minimum absolute atomic E-state index is 0.0108. The van der Waals surface area contributed by atoms with Crippen LogP contribution in [0.5, 0.6) is 0 Å². The van der Waals surface area contributed by atoms with Crippen molar-refractivity contribution < 1.29 is 18.3 Å². The normalized spacial score (nSPS) is 16.0. The molecule has 98 valence electrons. The number of aliphatic hydroxyl groups excluding tert-OH is 1. The molecule has 0 aliphatic heterocycles. The maximum absolute atomic E-state index is 11.5. The number of ether oxygens (including phenoxy) is 1. The molecule has 0 bridgehead atoms. The van der Waals surface area contributed by atoms with Crippen molar-refractivity contribution in [2.24, 2.45) is 5.92 Å². The second-order valence-corrected chi connectivity index (χ2v) is 5.99. The van der Waals surface area contributed by atoms with Crippen molar-refractivity contribution in [1.82, 2.24) is 4.72 Å². The van der Waals surface area contributed by atoms with Crippen LogP contribution in [0, 0.1) is 5.92 Å². The van der Waals surface area contributed by atoms with Gasteiger partial charge in [0.2, 0.25) is 10.0 Å². The Morgan fingerprint density at radius 2 is 2.12 bits per heavy atom. The third kappa shape index (κ3) is 8.29. The van der Waals surface area contributed by atoms with E-state index in [2.05, 4.69) is 4.72 Å². The van der Waals surface area contributed by atoms with E-state index in [0.717, 1.165) is 0 Å². The Hall–Kier alpha value is 0.120. The number of sulfonamides is 1. The van der Waals surface area contributed by atoms with Crippen molar-refractivity contribution in [2.75, 3.05) is 31.9 Å². The summed E-state index contributed by atoms with van der Waals surface area (Å²) in [5.41, 5.74) is 0. The Kier molecular flexibility index (Phi) is 8.31. The molecule has 2 atom stereocenters. The van der Waals surface area contributed by atoms with Gasteiger partial charge in [0.1, 0.15) is 0 Å². The maximum atomic E-state index is 11.5. The van der Waals surface area contributed by atoms with Gasteiger partial charge in [0, 0.05) is 19.5 Å². The minimum atomic E-state index is -3.29. The van der Waals surface area contributed by atoms with Gasteiger partial charge >= 0.3 is 0 Å². The van der Waals surface area contributed by atoms with E-state index in [0.29, 0.717) is 12.3 Å². The summed E-state index contributed by atoms with van der Waals surface area (Å²) in [5, 5.41) is 9.29. The summed E-state index contributed by atoms with van der Waals surface area (Å²) >= 11 is 5.54. The summed E-state index contributed by atoms with van der Waals surface area (Å²) in [6, 6.07) is 0. The molecule has 0 aromatic rings. The van der Waals surface area contributed by atoms with Gasteiger partial charge in [0.05, 0.1) is 18.5 Å². The average Bonchev–Trinajstić information content (AvgIpc) is 2.16. The zero-order valence-electron chi connectivity index (χ0n) is 9.65. The van der Waals surface area contributed by atoms with Gasteiger partial charge in [-0.25, -0.2) is 13.1 Å². The van der Waals surface area contributed by atoms with Gasteiger partial charge in [-0.1, -0.05) is 6.92 Å². The van der Waals surface area contributed by atoms with Crippen LogP contribution < -0.4 is 4.72 Å². The zero-order valence-corrected chi connectivity index (χ0v) is 11.2. The van der Waals surface area contributed by atoms with Crippen molar-refractivity contribution >= 4 is 21.6 Å². The lowest BCUT2D eigenvalue weighted by Crippen LogP contribution is -2.32. The van der Waals surface area contributed by atoms with Gasteiger partial charge in [0.15, 0.2) is 0 Å². The number of methoxy groups -OCH3 is 1. The van der Waals surface area contributed by atoms with E-state index in [9.17, 15) is 13.5 Å². The lowest BCUT2D eigenvalue weighted by molar-refractivity contribution is 0.0603. The first kappa shape index (κ1) is 16.1. The summed E-state index contributed by atoms with van der Waals surface area (Å²) in [5.74, 6) is 0.243.